The number of hydrogen-bond acceptors (Lipinski definition) is 4. The average molecular weight is 234 g/mol. The lowest BCUT2D eigenvalue weighted by atomic mass is 10.0. The maximum atomic E-state index is 9.07. The standard InChI is InChI=1S/C12H18N4O/c1-7(2)11-9-4-8(10(13)6-17)5-14-12(9)16(3)15-11/h4-5,7,10,17H,6,13H2,1-3H3. The summed E-state index contributed by atoms with van der Waals surface area (Å²) in [5.74, 6) is 0.334. The zero-order chi connectivity index (χ0) is 12.6. The van der Waals surface area contributed by atoms with Crippen LogP contribution in [0.25, 0.3) is 11.0 Å². The van der Waals surface area contributed by atoms with Gasteiger partial charge in [-0.15, -0.1) is 0 Å². The first-order valence-electron chi connectivity index (χ1n) is 5.73. The zero-order valence-electron chi connectivity index (χ0n) is 10.4. The van der Waals surface area contributed by atoms with Crippen molar-refractivity contribution in [1.29, 1.82) is 0 Å². The third-order valence-electron chi connectivity index (χ3n) is 2.90. The summed E-state index contributed by atoms with van der Waals surface area (Å²) in [4.78, 5) is 4.36. The Kier molecular flexibility index (Phi) is 3.13. The van der Waals surface area contributed by atoms with Crippen LogP contribution in [0.3, 0.4) is 0 Å². The Labute approximate surface area is 100 Å². The largest absolute Gasteiger partial charge is 0.394 e. The van der Waals surface area contributed by atoms with E-state index in [-0.39, 0.29) is 12.6 Å². The van der Waals surface area contributed by atoms with Gasteiger partial charge in [0.2, 0.25) is 0 Å². The molecule has 0 aliphatic heterocycles. The predicted molar refractivity (Wildman–Crippen MR) is 66.6 cm³/mol. The summed E-state index contributed by atoms with van der Waals surface area (Å²) >= 11 is 0. The summed E-state index contributed by atoms with van der Waals surface area (Å²) < 4.78 is 1.78. The number of aromatic nitrogens is 3. The molecule has 0 amide bonds. The van der Waals surface area contributed by atoms with Crippen molar-refractivity contribution in [2.45, 2.75) is 25.8 Å². The van der Waals surface area contributed by atoms with E-state index in [0.29, 0.717) is 5.92 Å². The van der Waals surface area contributed by atoms with Crippen molar-refractivity contribution in [3.05, 3.63) is 23.5 Å². The van der Waals surface area contributed by atoms with E-state index in [1.165, 1.54) is 0 Å². The molecular weight excluding hydrogens is 216 g/mol. The fourth-order valence-electron chi connectivity index (χ4n) is 1.92. The Hall–Kier alpha value is -1.46. The Morgan fingerprint density at radius 1 is 1.47 bits per heavy atom. The predicted octanol–water partition coefficient (Wildman–Crippen LogP) is 1.08. The second-order valence-electron chi connectivity index (χ2n) is 4.59. The second kappa shape index (κ2) is 4.43. The maximum Gasteiger partial charge on any atom is 0.157 e. The first kappa shape index (κ1) is 12.0. The highest BCUT2D eigenvalue weighted by molar-refractivity contribution is 5.79. The molecule has 0 spiro atoms. The van der Waals surface area contributed by atoms with Crippen LogP contribution in [-0.4, -0.2) is 26.5 Å². The fourth-order valence-corrected chi connectivity index (χ4v) is 1.92. The number of rotatable bonds is 3. The molecule has 1 atom stereocenters. The molecule has 5 heteroatoms. The number of nitrogens with two attached hydrogens (primary N) is 1. The SMILES string of the molecule is CC(C)c1nn(C)c2ncc(C(N)CO)cc12. The number of pyridine rings is 1. The van der Waals surface area contributed by atoms with Crippen LogP contribution in [0.4, 0.5) is 0 Å². The van der Waals surface area contributed by atoms with Crippen molar-refractivity contribution in [3.8, 4) is 0 Å². The molecule has 17 heavy (non-hydrogen) atoms. The van der Waals surface area contributed by atoms with E-state index in [0.717, 1.165) is 22.3 Å². The molecule has 0 bridgehead atoms. The van der Waals surface area contributed by atoms with Gasteiger partial charge in [0.25, 0.3) is 0 Å². The Morgan fingerprint density at radius 3 is 2.76 bits per heavy atom. The highest BCUT2D eigenvalue weighted by atomic mass is 16.3. The van der Waals surface area contributed by atoms with E-state index in [2.05, 4.69) is 23.9 Å². The molecule has 0 fully saturated rings. The van der Waals surface area contributed by atoms with Gasteiger partial charge in [-0.05, 0) is 17.5 Å². The molecule has 3 N–H and O–H groups in total. The fraction of sp³-hybridized carbons (Fsp3) is 0.500. The lowest BCUT2D eigenvalue weighted by molar-refractivity contribution is 0.268. The van der Waals surface area contributed by atoms with Gasteiger partial charge in [-0.3, -0.25) is 4.68 Å². The van der Waals surface area contributed by atoms with Gasteiger partial charge in [0.15, 0.2) is 5.65 Å². The third kappa shape index (κ3) is 2.03. The molecule has 2 aromatic rings. The minimum atomic E-state index is -0.382. The molecule has 1 unspecified atom stereocenters. The van der Waals surface area contributed by atoms with Gasteiger partial charge in [-0.1, -0.05) is 13.8 Å². The van der Waals surface area contributed by atoms with Crippen LogP contribution in [0.5, 0.6) is 0 Å². The smallest absolute Gasteiger partial charge is 0.157 e. The number of aliphatic hydroxyl groups excluding tert-OH is 1. The van der Waals surface area contributed by atoms with E-state index in [1.807, 2.05) is 13.1 Å². The highest BCUT2D eigenvalue weighted by Crippen LogP contribution is 2.25. The minimum absolute atomic E-state index is 0.0789. The topological polar surface area (TPSA) is 77.0 Å². The van der Waals surface area contributed by atoms with Crippen molar-refractivity contribution in [1.82, 2.24) is 14.8 Å². The number of nitrogens with zero attached hydrogens (tertiary/aromatic N) is 3. The summed E-state index contributed by atoms with van der Waals surface area (Å²) in [6.45, 7) is 4.12. The van der Waals surface area contributed by atoms with Crippen LogP contribution in [0.15, 0.2) is 12.3 Å². The first-order valence-corrected chi connectivity index (χ1v) is 5.73. The normalized spacial score (nSPS) is 13.5. The van der Waals surface area contributed by atoms with Crippen LogP contribution >= 0.6 is 0 Å². The Morgan fingerprint density at radius 2 is 2.18 bits per heavy atom. The summed E-state index contributed by atoms with van der Waals surface area (Å²) in [5, 5.41) is 14.6. The minimum Gasteiger partial charge on any atom is -0.394 e. The first-order chi connectivity index (χ1) is 8.04. The van der Waals surface area contributed by atoms with Crippen LogP contribution in [-0.2, 0) is 7.05 Å². The van der Waals surface area contributed by atoms with E-state index < -0.39 is 0 Å². The Balaban J connectivity index is 2.62. The van der Waals surface area contributed by atoms with Gasteiger partial charge in [0, 0.05) is 18.6 Å². The molecule has 0 aliphatic carbocycles. The summed E-state index contributed by atoms with van der Waals surface area (Å²) in [6, 6.07) is 1.60. The van der Waals surface area contributed by atoms with Crippen molar-refractivity contribution >= 4 is 11.0 Å². The summed E-state index contributed by atoms with van der Waals surface area (Å²) in [5.41, 5.74) is 8.51. The molecule has 0 saturated carbocycles. The lowest BCUT2D eigenvalue weighted by Gasteiger charge is -2.08. The quantitative estimate of drug-likeness (QED) is 0.833. The molecule has 5 nitrogen and oxygen atoms in total. The van der Waals surface area contributed by atoms with Crippen molar-refractivity contribution in [2.24, 2.45) is 12.8 Å². The summed E-state index contributed by atoms with van der Waals surface area (Å²) in [6.07, 6.45) is 1.70. The van der Waals surface area contributed by atoms with Crippen molar-refractivity contribution in [3.63, 3.8) is 0 Å². The Bertz CT molecular complexity index is 533. The van der Waals surface area contributed by atoms with Crippen LogP contribution in [0.2, 0.25) is 0 Å². The molecule has 0 aliphatic rings. The van der Waals surface area contributed by atoms with Crippen LogP contribution in [0, 0.1) is 0 Å². The number of aryl methyl sites for hydroxylation is 1. The van der Waals surface area contributed by atoms with Gasteiger partial charge in [-0.2, -0.15) is 5.10 Å². The lowest BCUT2D eigenvalue weighted by Crippen LogP contribution is -2.14. The molecule has 0 radical (unpaired) electrons. The van der Waals surface area contributed by atoms with E-state index in [9.17, 15) is 0 Å². The zero-order valence-corrected chi connectivity index (χ0v) is 10.4. The number of hydrogen-bond donors (Lipinski definition) is 2. The van der Waals surface area contributed by atoms with Crippen molar-refractivity contribution < 1.29 is 5.11 Å². The van der Waals surface area contributed by atoms with E-state index in [4.69, 9.17) is 10.8 Å². The number of aliphatic hydroxyl groups is 1. The molecule has 0 saturated heterocycles. The maximum absolute atomic E-state index is 9.07. The van der Waals surface area contributed by atoms with Crippen molar-refractivity contribution in [2.75, 3.05) is 6.61 Å². The third-order valence-corrected chi connectivity index (χ3v) is 2.90. The molecule has 2 rings (SSSR count). The molecular formula is C12H18N4O. The molecule has 92 valence electrons. The van der Waals surface area contributed by atoms with Gasteiger partial charge >= 0.3 is 0 Å². The van der Waals surface area contributed by atoms with Gasteiger partial charge in [0.1, 0.15) is 0 Å². The van der Waals surface area contributed by atoms with E-state index in [1.54, 1.807) is 10.9 Å². The highest BCUT2D eigenvalue weighted by Gasteiger charge is 2.15. The average Bonchev–Trinajstić information content (AvgIpc) is 2.65. The molecule has 2 aromatic heterocycles. The van der Waals surface area contributed by atoms with Gasteiger partial charge in [0.05, 0.1) is 18.3 Å². The monoisotopic (exact) mass is 234 g/mol. The number of fused-ring (bicyclic) bond motifs is 1. The van der Waals surface area contributed by atoms with E-state index >= 15 is 0 Å². The van der Waals surface area contributed by atoms with Gasteiger partial charge in [-0.25, -0.2) is 4.98 Å². The van der Waals surface area contributed by atoms with Crippen LogP contribution < -0.4 is 5.73 Å². The summed E-state index contributed by atoms with van der Waals surface area (Å²) in [7, 11) is 1.88. The molecule has 0 aromatic carbocycles. The second-order valence-corrected chi connectivity index (χ2v) is 4.59. The van der Waals surface area contributed by atoms with Gasteiger partial charge < -0.3 is 10.8 Å². The molecule has 2 heterocycles. The van der Waals surface area contributed by atoms with Crippen LogP contribution in [0.1, 0.15) is 37.1 Å².